The van der Waals surface area contributed by atoms with Gasteiger partial charge in [-0.05, 0) is 30.2 Å². The Hall–Kier alpha value is -1.88. The van der Waals surface area contributed by atoms with Crippen LogP contribution in [0.1, 0.15) is 32.4 Å². The quantitative estimate of drug-likeness (QED) is 0.725. The van der Waals surface area contributed by atoms with E-state index in [1.54, 1.807) is 24.3 Å². The summed E-state index contributed by atoms with van der Waals surface area (Å²) in [4.78, 5) is 22.4. The summed E-state index contributed by atoms with van der Waals surface area (Å²) < 4.78 is 0. The van der Waals surface area contributed by atoms with Gasteiger partial charge in [0.15, 0.2) is 0 Å². The summed E-state index contributed by atoms with van der Waals surface area (Å²) in [5.41, 5.74) is 6.89. The molecule has 5 nitrogen and oxygen atoms in total. The molecule has 0 aliphatic carbocycles. The van der Waals surface area contributed by atoms with Crippen LogP contribution in [0.3, 0.4) is 0 Å². The van der Waals surface area contributed by atoms with Gasteiger partial charge in [-0.25, -0.2) is 0 Å². The number of nitrogens with one attached hydrogen (secondary N) is 2. The minimum absolute atomic E-state index is 0.128. The van der Waals surface area contributed by atoms with Crippen molar-refractivity contribution in [2.45, 2.75) is 26.8 Å². The third kappa shape index (κ3) is 5.09. The maximum Gasteiger partial charge on any atom is 0.239 e. The number of carbonyl (C=O) groups is 2. The SMILES string of the molecule is CC(=O)Nc1ccc(C(NCC(C)C)C(N)=O)cc1. The van der Waals surface area contributed by atoms with Gasteiger partial charge in [-0.15, -0.1) is 0 Å². The second-order valence-corrected chi connectivity index (χ2v) is 4.94. The fraction of sp³-hybridized carbons (Fsp3) is 0.429. The van der Waals surface area contributed by atoms with Crippen molar-refractivity contribution in [3.8, 4) is 0 Å². The standard InChI is InChI=1S/C14H21N3O2/c1-9(2)8-16-13(14(15)19)11-4-6-12(7-5-11)17-10(3)18/h4-7,9,13,16H,8H2,1-3H3,(H2,15,19)(H,17,18). The van der Waals surface area contributed by atoms with Crippen molar-refractivity contribution in [3.63, 3.8) is 0 Å². The Morgan fingerprint density at radius 2 is 1.79 bits per heavy atom. The Labute approximate surface area is 113 Å². The zero-order valence-corrected chi connectivity index (χ0v) is 11.6. The number of primary amides is 1. The predicted octanol–water partition coefficient (Wildman–Crippen LogP) is 1.42. The number of rotatable bonds is 6. The molecule has 2 amide bonds. The molecule has 1 unspecified atom stereocenters. The van der Waals surface area contributed by atoms with E-state index in [9.17, 15) is 9.59 Å². The smallest absolute Gasteiger partial charge is 0.239 e. The van der Waals surface area contributed by atoms with Crippen molar-refractivity contribution < 1.29 is 9.59 Å². The number of benzene rings is 1. The molecule has 19 heavy (non-hydrogen) atoms. The van der Waals surface area contributed by atoms with Crippen molar-refractivity contribution in [1.82, 2.24) is 5.32 Å². The first-order valence-corrected chi connectivity index (χ1v) is 6.30. The normalized spacial score (nSPS) is 12.2. The maximum absolute atomic E-state index is 11.5. The zero-order chi connectivity index (χ0) is 14.4. The average molecular weight is 263 g/mol. The fourth-order valence-corrected chi connectivity index (χ4v) is 1.70. The highest BCUT2D eigenvalue weighted by molar-refractivity contribution is 5.88. The van der Waals surface area contributed by atoms with Crippen LogP contribution in [-0.2, 0) is 9.59 Å². The van der Waals surface area contributed by atoms with Crippen molar-refractivity contribution in [1.29, 1.82) is 0 Å². The molecule has 0 fully saturated rings. The highest BCUT2D eigenvalue weighted by Crippen LogP contribution is 2.16. The molecule has 104 valence electrons. The molecular weight excluding hydrogens is 242 g/mol. The van der Waals surface area contributed by atoms with Crippen LogP contribution in [0.5, 0.6) is 0 Å². The van der Waals surface area contributed by atoms with Gasteiger partial charge in [-0.2, -0.15) is 0 Å². The van der Waals surface area contributed by atoms with E-state index in [-0.39, 0.29) is 5.91 Å². The van der Waals surface area contributed by atoms with E-state index in [1.807, 2.05) is 0 Å². The first-order valence-electron chi connectivity index (χ1n) is 6.30. The van der Waals surface area contributed by atoms with Crippen LogP contribution < -0.4 is 16.4 Å². The molecule has 0 saturated heterocycles. The topological polar surface area (TPSA) is 84.2 Å². The molecule has 0 aromatic heterocycles. The first-order chi connectivity index (χ1) is 8.90. The zero-order valence-electron chi connectivity index (χ0n) is 11.6. The third-order valence-electron chi connectivity index (χ3n) is 2.58. The number of anilines is 1. The fourth-order valence-electron chi connectivity index (χ4n) is 1.70. The van der Waals surface area contributed by atoms with Crippen molar-refractivity contribution in [2.75, 3.05) is 11.9 Å². The maximum atomic E-state index is 11.5. The van der Waals surface area contributed by atoms with Crippen LogP contribution in [0, 0.1) is 5.92 Å². The van der Waals surface area contributed by atoms with Crippen LogP contribution in [0.4, 0.5) is 5.69 Å². The lowest BCUT2D eigenvalue weighted by molar-refractivity contribution is -0.120. The summed E-state index contributed by atoms with van der Waals surface area (Å²) in [7, 11) is 0. The molecule has 1 aromatic carbocycles. The minimum atomic E-state index is -0.506. The lowest BCUT2D eigenvalue weighted by atomic mass is 10.0. The van der Waals surface area contributed by atoms with Gasteiger partial charge in [-0.1, -0.05) is 26.0 Å². The van der Waals surface area contributed by atoms with Gasteiger partial charge in [0.1, 0.15) is 6.04 Å². The van der Waals surface area contributed by atoms with Gasteiger partial charge >= 0.3 is 0 Å². The highest BCUT2D eigenvalue weighted by Gasteiger charge is 2.17. The monoisotopic (exact) mass is 263 g/mol. The molecule has 0 aliphatic rings. The van der Waals surface area contributed by atoms with Gasteiger partial charge in [-0.3, -0.25) is 9.59 Å². The molecule has 0 heterocycles. The van der Waals surface area contributed by atoms with Crippen LogP contribution in [0.15, 0.2) is 24.3 Å². The van der Waals surface area contributed by atoms with Gasteiger partial charge in [0, 0.05) is 12.6 Å². The first kappa shape index (κ1) is 15.2. The lowest BCUT2D eigenvalue weighted by Gasteiger charge is -2.17. The Bertz CT molecular complexity index is 441. The van der Waals surface area contributed by atoms with Crippen LogP contribution >= 0.6 is 0 Å². The minimum Gasteiger partial charge on any atom is -0.368 e. The predicted molar refractivity (Wildman–Crippen MR) is 75.5 cm³/mol. The number of hydrogen-bond donors (Lipinski definition) is 3. The number of amides is 2. The van der Waals surface area contributed by atoms with Gasteiger partial charge < -0.3 is 16.4 Å². The number of nitrogens with two attached hydrogens (primary N) is 1. The van der Waals surface area contributed by atoms with E-state index in [4.69, 9.17) is 5.73 Å². The van der Waals surface area contributed by atoms with E-state index in [0.717, 1.165) is 5.56 Å². The molecule has 4 N–H and O–H groups in total. The Morgan fingerprint density at radius 1 is 1.21 bits per heavy atom. The molecule has 0 aliphatic heterocycles. The summed E-state index contributed by atoms with van der Waals surface area (Å²) >= 11 is 0. The van der Waals surface area contributed by atoms with E-state index in [0.29, 0.717) is 18.2 Å². The van der Waals surface area contributed by atoms with E-state index in [2.05, 4.69) is 24.5 Å². The average Bonchev–Trinajstić information content (AvgIpc) is 2.29. The summed E-state index contributed by atoms with van der Waals surface area (Å²) in [6.45, 7) is 6.28. The molecule has 1 atom stereocenters. The molecule has 0 radical (unpaired) electrons. The molecule has 0 spiro atoms. The van der Waals surface area contributed by atoms with Gasteiger partial charge in [0.25, 0.3) is 0 Å². The van der Waals surface area contributed by atoms with Gasteiger partial charge in [0.05, 0.1) is 0 Å². The second-order valence-electron chi connectivity index (χ2n) is 4.94. The number of carbonyl (C=O) groups excluding carboxylic acids is 2. The molecule has 1 rings (SSSR count). The Morgan fingerprint density at radius 3 is 2.21 bits per heavy atom. The molecule has 0 bridgehead atoms. The second kappa shape index (κ2) is 6.89. The van der Waals surface area contributed by atoms with E-state index in [1.165, 1.54) is 6.92 Å². The largest absolute Gasteiger partial charge is 0.368 e. The molecule has 5 heteroatoms. The van der Waals surface area contributed by atoms with Gasteiger partial charge in [0.2, 0.25) is 11.8 Å². The third-order valence-corrected chi connectivity index (χ3v) is 2.58. The van der Waals surface area contributed by atoms with E-state index < -0.39 is 11.9 Å². The Kier molecular flexibility index (Phi) is 5.51. The highest BCUT2D eigenvalue weighted by atomic mass is 16.1. The van der Waals surface area contributed by atoms with Crippen molar-refractivity contribution in [3.05, 3.63) is 29.8 Å². The Balaban J connectivity index is 2.79. The summed E-state index contributed by atoms with van der Waals surface area (Å²) in [6, 6.07) is 6.57. The molecule has 1 aromatic rings. The summed E-state index contributed by atoms with van der Waals surface area (Å²) in [5, 5.41) is 5.81. The molecule has 0 saturated carbocycles. The molecular formula is C14H21N3O2. The van der Waals surface area contributed by atoms with E-state index >= 15 is 0 Å². The number of hydrogen-bond acceptors (Lipinski definition) is 3. The van der Waals surface area contributed by atoms with Crippen LogP contribution in [0.2, 0.25) is 0 Å². The van der Waals surface area contributed by atoms with Crippen LogP contribution in [-0.4, -0.2) is 18.4 Å². The lowest BCUT2D eigenvalue weighted by Crippen LogP contribution is -2.35. The summed E-state index contributed by atoms with van der Waals surface area (Å²) in [5.74, 6) is -0.106. The van der Waals surface area contributed by atoms with Crippen molar-refractivity contribution >= 4 is 17.5 Å². The van der Waals surface area contributed by atoms with Crippen molar-refractivity contribution in [2.24, 2.45) is 11.7 Å². The van der Waals surface area contributed by atoms with Crippen LogP contribution in [0.25, 0.3) is 0 Å². The summed E-state index contributed by atoms with van der Waals surface area (Å²) in [6.07, 6.45) is 0.